The van der Waals surface area contributed by atoms with Crippen LogP contribution in [0.15, 0.2) is 18.2 Å². The summed E-state index contributed by atoms with van der Waals surface area (Å²) in [4.78, 5) is 0. The Bertz CT molecular complexity index is 356. The zero-order chi connectivity index (χ0) is 10.8. The third-order valence-electron chi connectivity index (χ3n) is 2.69. The molecule has 0 amide bonds. The van der Waals surface area contributed by atoms with Crippen molar-refractivity contribution in [3.63, 3.8) is 0 Å². The SMILES string of the molecule is COc1ccc2c(c1)CN(SC)CC2O. The lowest BCUT2D eigenvalue weighted by Crippen LogP contribution is -2.28. The van der Waals surface area contributed by atoms with Crippen molar-refractivity contribution >= 4 is 11.9 Å². The Balaban J connectivity index is 2.33. The van der Waals surface area contributed by atoms with Gasteiger partial charge in [0.05, 0.1) is 13.2 Å². The normalized spacial score (nSPS) is 21.1. The van der Waals surface area contributed by atoms with Gasteiger partial charge in [0, 0.05) is 13.1 Å². The molecule has 1 heterocycles. The summed E-state index contributed by atoms with van der Waals surface area (Å²) in [7, 11) is 1.66. The third kappa shape index (κ3) is 2.12. The van der Waals surface area contributed by atoms with E-state index in [0.29, 0.717) is 6.54 Å². The van der Waals surface area contributed by atoms with E-state index in [-0.39, 0.29) is 6.10 Å². The first-order valence-electron chi connectivity index (χ1n) is 4.88. The summed E-state index contributed by atoms with van der Waals surface area (Å²) in [6, 6.07) is 5.86. The number of rotatable bonds is 2. The second kappa shape index (κ2) is 4.43. The van der Waals surface area contributed by atoms with Gasteiger partial charge in [0.1, 0.15) is 5.75 Å². The summed E-state index contributed by atoms with van der Waals surface area (Å²) >= 11 is 1.66. The van der Waals surface area contributed by atoms with Crippen molar-refractivity contribution in [2.75, 3.05) is 19.9 Å². The lowest BCUT2D eigenvalue weighted by atomic mass is 9.98. The number of methoxy groups -OCH3 is 1. The molecular formula is C11H15NO2S. The largest absolute Gasteiger partial charge is 0.497 e. The van der Waals surface area contributed by atoms with Crippen LogP contribution in [-0.2, 0) is 6.54 Å². The van der Waals surface area contributed by atoms with Gasteiger partial charge in [-0.05, 0) is 29.5 Å². The van der Waals surface area contributed by atoms with Crippen molar-refractivity contribution < 1.29 is 9.84 Å². The van der Waals surface area contributed by atoms with Gasteiger partial charge in [-0.1, -0.05) is 18.0 Å². The highest BCUT2D eigenvalue weighted by Gasteiger charge is 2.23. The molecule has 0 saturated heterocycles. The summed E-state index contributed by atoms with van der Waals surface area (Å²) in [5.41, 5.74) is 2.18. The van der Waals surface area contributed by atoms with E-state index in [9.17, 15) is 5.11 Å². The van der Waals surface area contributed by atoms with Crippen LogP contribution in [0.4, 0.5) is 0 Å². The van der Waals surface area contributed by atoms with Crippen molar-refractivity contribution in [1.29, 1.82) is 0 Å². The van der Waals surface area contributed by atoms with Crippen molar-refractivity contribution in [1.82, 2.24) is 4.31 Å². The quantitative estimate of drug-likeness (QED) is 0.778. The number of β-amino-alcohol motifs (C(OH)–C–C–N with tert-alkyl or cyclic N) is 1. The van der Waals surface area contributed by atoms with Crippen LogP contribution in [0.3, 0.4) is 0 Å². The third-order valence-corrected chi connectivity index (χ3v) is 3.49. The van der Waals surface area contributed by atoms with Crippen LogP contribution in [0.25, 0.3) is 0 Å². The van der Waals surface area contributed by atoms with Gasteiger partial charge in [0.15, 0.2) is 0 Å². The van der Waals surface area contributed by atoms with Crippen molar-refractivity contribution in [2.45, 2.75) is 12.6 Å². The van der Waals surface area contributed by atoms with Gasteiger partial charge in [0.2, 0.25) is 0 Å². The Kier molecular flexibility index (Phi) is 3.19. The summed E-state index contributed by atoms with van der Waals surface area (Å²) < 4.78 is 7.32. The zero-order valence-electron chi connectivity index (χ0n) is 8.93. The van der Waals surface area contributed by atoms with E-state index in [1.54, 1.807) is 19.1 Å². The number of ether oxygens (including phenoxy) is 1. The van der Waals surface area contributed by atoms with Gasteiger partial charge < -0.3 is 9.84 Å². The molecule has 1 aliphatic heterocycles. The molecule has 0 radical (unpaired) electrons. The Labute approximate surface area is 94.2 Å². The standard InChI is InChI=1S/C11H15NO2S/c1-14-9-3-4-10-8(5-9)6-12(15-2)7-11(10)13/h3-5,11,13H,6-7H2,1-2H3. The van der Waals surface area contributed by atoms with Crippen LogP contribution >= 0.6 is 11.9 Å². The number of aliphatic hydroxyl groups is 1. The molecule has 0 aromatic heterocycles. The molecule has 1 atom stereocenters. The average molecular weight is 225 g/mol. The summed E-state index contributed by atoms with van der Waals surface area (Å²) in [6.45, 7) is 1.56. The van der Waals surface area contributed by atoms with Crippen LogP contribution in [0.1, 0.15) is 17.2 Å². The minimum atomic E-state index is -0.382. The van der Waals surface area contributed by atoms with Crippen LogP contribution in [0.5, 0.6) is 5.75 Å². The molecular weight excluding hydrogens is 210 g/mol. The Morgan fingerprint density at radius 2 is 2.33 bits per heavy atom. The maximum Gasteiger partial charge on any atom is 0.119 e. The van der Waals surface area contributed by atoms with E-state index < -0.39 is 0 Å². The Morgan fingerprint density at radius 1 is 1.53 bits per heavy atom. The Hall–Kier alpha value is -0.710. The molecule has 82 valence electrons. The highest BCUT2D eigenvalue weighted by molar-refractivity contribution is 7.96. The fourth-order valence-electron chi connectivity index (χ4n) is 1.86. The molecule has 4 heteroatoms. The van der Waals surface area contributed by atoms with Crippen molar-refractivity contribution in [3.05, 3.63) is 29.3 Å². The van der Waals surface area contributed by atoms with Crippen molar-refractivity contribution in [2.24, 2.45) is 0 Å². The summed E-state index contributed by atoms with van der Waals surface area (Å²) in [6.07, 6.45) is 1.64. The van der Waals surface area contributed by atoms with Crippen LogP contribution in [0.2, 0.25) is 0 Å². The van der Waals surface area contributed by atoms with Gasteiger partial charge >= 0.3 is 0 Å². The molecule has 1 aromatic carbocycles. The van der Waals surface area contributed by atoms with E-state index in [1.807, 2.05) is 24.5 Å². The molecule has 1 aliphatic rings. The molecule has 0 bridgehead atoms. The maximum absolute atomic E-state index is 9.93. The highest BCUT2D eigenvalue weighted by atomic mass is 32.2. The topological polar surface area (TPSA) is 32.7 Å². The predicted octanol–water partition coefficient (Wildman–Crippen LogP) is 1.82. The van der Waals surface area contributed by atoms with E-state index in [2.05, 4.69) is 4.31 Å². The first-order valence-corrected chi connectivity index (χ1v) is 6.06. The lowest BCUT2D eigenvalue weighted by molar-refractivity contribution is 0.136. The smallest absolute Gasteiger partial charge is 0.119 e. The number of nitrogens with zero attached hydrogens (tertiary/aromatic N) is 1. The minimum absolute atomic E-state index is 0.382. The van der Waals surface area contributed by atoms with Gasteiger partial charge in [0.25, 0.3) is 0 Å². The number of fused-ring (bicyclic) bond motifs is 1. The number of hydrogen-bond donors (Lipinski definition) is 1. The fraction of sp³-hybridized carbons (Fsp3) is 0.455. The van der Waals surface area contributed by atoms with Gasteiger partial charge in [-0.2, -0.15) is 0 Å². The van der Waals surface area contributed by atoms with Gasteiger partial charge in [-0.25, -0.2) is 4.31 Å². The molecule has 0 aliphatic carbocycles. The van der Waals surface area contributed by atoms with Crippen LogP contribution < -0.4 is 4.74 Å². The molecule has 1 N–H and O–H groups in total. The summed E-state index contributed by atoms with van der Waals surface area (Å²) in [5, 5.41) is 9.93. The number of benzene rings is 1. The second-order valence-electron chi connectivity index (χ2n) is 3.59. The molecule has 0 fully saturated rings. The first kappa shape index (κ1) is 10.8. The lowest BCUT2D eigenvalue weighted by Gasteiger charge is -2.30. The average Bonchev–Trinajstić information content (AvgIpc) is 2.28. The Morgan fingerprint density at radius 3 is 3.00 bits per heavy atom. The zero-order valence-corrected chi connectivity index (χ0v) is 9.75. The maximum atomic E-state index is 9.93. The number of hydrogen-bond acceptors (Lipinski definition) is 4. The van der Waals surface area contributed by atoms with Gasteiger partial charge in [-0.3, -0.25) is 0 Å². The molecule has 1 unspecified atom stereocenters. The monoisotopic (exact) mass is 225 g/mol. The molecule has 1 aromatic rings. The minimum Gasteiger partial charge on any atom is -0.497 e. The fourth-order valence-corrected chi connectivity index (χ4v) is 2.41. The van der Waals surface area contributed by atoms with Gasteiger partial charge in [-0.15, -0.1) is 0 Å². The molecule has 2 rings (SSSR count). The number of aliphatic hydroxyl groups excluding tert-OH is 1. The molecule has 15 heavy (non-hydrogen) atoms. The van der Waals surface area contributed by atoms with E-state index in [1.165, 1.54) is 0 Å². The van der Waals surface area contributed by atoms with E-state index in [0.717, 1.165) is 23.4 Å². The van der Waals surface area contributed by atoms with Crippen molar-refractivity contribution in [3.8, 4) is 5.75 Å². The van der Waals surface area contributed by atoms with Crippen LogP contribution in [0, 0.1) is 0 Å². The molecule has 0 saturated carbocycles. The first-order chi connectivity index (χ1) is 7.24. The van der Waals surface area contributed by atoms with Crippen LogP contribution in [-0.4, -0.2) is 29.3 Å². The second-order valence-corrected chi connectivity index (χ2v) is 4.47. The summed E-state index contributed by atoms with van der Waals surface area (Å²) in [5.74, 6) is 0.851. The predicted molar refractivity (Wildman–Crippen MR) is 61.9 cm³/mol. The molecule has 0 spiro atoms. The highest BCUT2D eigenvalue weighted by Crippen LogP contribution is 2.31. The molecule has 3 nitrogen and oxygen atoms in total. The van der Waals surface area contributed by atoms with E-state index in [4.69, 9.17) is 4.74 Å². The van der Waals surface area contributed by atoms with E-state index >= 15 is 0 Å².